The van der Waals surface area contributed by atoms with Gasteiger partial charge in [-0.3, -0.25) is 4.79 Å². The molecule has 0 aliphatic heterocycles. The maximum atomic E-state index is 11.5. The van der Waals surface area contributed by atoms with Gasteiger partial charge in [-0.25, -0.2) is 0 Å². The number of halogens is 2. The van der Waals surface area contributed by atoms with Crippen LogP contribution in [0.2, 0.25) is 5.02 Å². The monoisotopic (exact) mass is 303 g/mol. The average Bonchev–Trinajstić information content (AvgIpc) is 2.56. The predicted molar refractivity (Wildman–Crippen MR) is 66.8 cm³/mol. The lowest BCUT2D eigenvalue weighted by molar-refractivity contribution is 0.762. The van der Waals surface area contributed by atoms with Crippen LogP contribution in [0.4, 0.5) is 0 Å². The lowest BCUT2D eigenvalue weighted by Crippen LogP contribution is -2.18. The largest absolute Gasteiger partial charge is 0.311 e. The number of hydrogen-bond donors (Lipinski definition) is 0. The molecule has 0 bridgehead atoms. The minimum Gasteiger partial charge on any atom is -0.311 e. The van der Waals surface area contributed by atoms with Crippen LogP contribution < -0.4 is 5.56 Å². The molecule has 0 aliphatic rings. The smallest absolute Gasteiger partial charge is 0.252 e. The van der Waals surface area contributed by atoms with Gasteiger partial charge in [0.2, 0.25) is 0 Å². The number of hydrogen-bond acceptors (Lipinski definition) is 2. The Morgan fingerprint density at radius 1 is 1.47 bits per heavy atom. The molecule has 0 amide bonds. The second-order valence-corrected chi connectivity index (χ2v) is 5.80. The van der Waals surface area contributed by atoms with E-state index in [9.17, 15) is 4.79 Å². The van der Waals surface area contributed by atoms with Crippen LogP contribution in [-0.2, 0) is 6.54 Å². The molecule has 0 aromatic carbocycles. The van der Waals surface area contributed by atoms with Gasteiger partial charge in [0.15, 0.2) is 0 Å². The third-order valence-electron chi connectivity index (χ3n) is 1.93. The van der Waals surface area contributed by atoms with E-state index in [1.807, 2.05) is 11.4 Å². The summed E-state index contributed by atoms with van der Waals surface area (Å²) in [6.45, 7) is 0.581. The van der Waals surface area contributed by atoms with E-state index in [1.54, 1.807) is 28.2 Å². The molecule has 5 heteroatoms. The van der Waals surface area contributed by atoms with Gasteiger partial charge in [-0.15, -0.1) is 11.3 Å². The molecule has 0 unspecified atom stereocenters. The molecule has 0 saturated carbocycles. The van der Waals surface area contributed by atoms with Crippen molar-refractivity contribution in [2.24, 2.45) is 0 Å². The fourth-order valence-electron chi connectivity index (χ4n) is 1.24. The highest BCUT2D eigenvalue weighted by molar-refractivity contribution is 9.11. The summed E-state index contributed by atoms with van der Waals surface area (Å²) >= 11 is 10.7. The van der Waals surface area contributed by atoms with Crippen LogP contribution in [0.15, 0.2) is 38.4 Å². The molecule has 0 spiro atoms. The van der Waals surface area contributed by atoms with Crippen LogP contribution in [-0.4, -0.2) is 4.57 Å². The third kappa shape index (κ3) is 2.71. The molecule has 0 aliphatic carbocycles. The number of rotatable bonds is 2. The van der Waals surface area contributed by atoms with E-state index in [0.29, 0.717) is 11.6 Å². The molecular formula is C10H7BrClNOS. The number of nitrogens with zero attached hydrogens (tertiary/aromatic N) is 1. The summed E-state index contributed by atoms with van der Waals surface area (Å²) in [6, 6.07) is 5.14. The molecule has 0 saturated heterocycles. The Labute approximate surface area is 104 Å². The molecule has 2 aromatic rings. The second kappa shape index (κ2) is 4.51. The SMILES string of the molecule is O=c1cc(Cl)ccn1Cc1csc(Br)c1. The Morgan fingerprint density at radius 2 is 2.27 bits per heavy atom. The normalized spacial score (nSPS) is 10.5. The molecule has 0 N–H and O–H groups in total. The maximum Gasteiger partial charge on any atom is 0.252 e. The van der Waals surface area contributed by atoms with Crippen molar-refractivity contribution in [3.05, 3.63) is 54.5 Å². The Kier molecular flexibility index (Phi) is 3.29. The quantitative estimate of drug-likeness (QED) is 0.834. The van der Waals surface area contributed by atoms with Gasteiger partial charge in [0, 0.05) is 17.3 Å². The molecule has 0 radical (unpaired) electrons. The van der Waals surface area contributed by atoms with Gasteiger partial charge in [-0.2, -0.15) is 0 Å². The number of thiophene rings is 1. The van der Waals surface area contributed by atoms with Gasteiger partial charge < -0.3 is 4.57 Å². The van der Waals surface area contributed by atoms with Gasteiger partial charge in [0.05, 0.1) is 10.3 Å². The summed E-state index contributed by atoms with van der Waals surface area (Å²) in [4.78, 5) is 11.5. The fraction of sp³-hybridized carbons (Fsp3) is 0.100. The van der Waals surface area contributed by atoms with Crippen molar-refractivity contribution in [1.82, 2.24) is 4.57 Å². The van der Waals surface area contributed by atoms with Crippen LogP contribution in [0.5, 0.6) is 0 Å². The van der Waals surface area contributed by atoms with Gasteiger partial charge in [-0.1, -0.05) is 11.6 Å². The molecule has 0 fully saturated rings. The van der Waals surface area contributed by atoms with E-state index >= 15 is 0 Å². The first kappa shape index (κ1) is 10.9. The minimum atomic E-state index is -0.0789. The molecule has 2 rings (SSSR count). The standard InChI is InChI=1S/C10H7BrClNOS/c11-9-3-7(6-15-9)5-13-2-1-8(12)4-10(13)14/h1-4,6H,5H2. The van der Waals surface area contributed by atoms with Crippen LogP contribution in [0, 0.1) is 0 Å². The zero-order chi connectivity index (χ0) is 10.8. The van der Waals surface area contributed by atoms with Crippen molar-refractivity contribution in [2.75, 3.05) is 0 Å². The van der Waals surface area contributed by atoms with E-state index in [1.165, 1.54) is 6.07 Å². The highest BCUT2D eigenvalue weighted by Gasteiger charge is 2.00. The van der Waals surface area contributed by atoms with Gasteiger partial charge >= 0.3 is 0 Å². The van der Waals surface area contributed by atoms with Crippen molar-refractivity contribution in [3.8, 4) is 0 Å². The Bertz CT molecular complexity index is 534. The highest BCUT2D eigenvalue weighted by atomic mass is 79.9. The zero-order valence-electron chi connectivity index (χ0n) is 7.61. The summed E-state index contributed by atoms with van der Waals surface area (Å²) in [5, 5.41) is 2.49. The lowest BCUT2D eigenvalue weighted by atomic mass is 10.3. The van der Waals surface area contributed by atoms with Crippen LogP contribution in [0.3, 0.4) is 0 Å². The first-order valence-electron chi connectivity index (χ1n) is 4.24. The molecule has 2 heterocycles. The zero-order valence-corrected chi connectivity index (χ0v) is 10.8. The fourth-order valence-corrected chi connectivity index (χ4v) is 2.59. The van der Waals surface area contributed by atoms with E-state index < -0.39 is 0 Å². The van der Waals surface area contributed by atoms with Gasteiger partial charge in [0.25, 0.3) is 5.56 Å². The first-order chi connectivity index (χ1) is 7.15. The molecular weight excluding hydrogens is 298 g/mol. The maximum absolute atomic E-state index is 11.5. The Hall–Kier alpha value is -0.580. The highest BCUT2D eigenvalue weighted by Crippen LogP contribution is 2.21. The van der Waals surface area contributed by atoms with E-state index in [2.05, 4.69) is 15.9 Å². The summed E-state index contributed by atoms with van der Waals surface area (Å²) in [7, 11) is 0. The van der Waals surface area contributed by atoms with Crippen molar-refractivity contribution >= 4 is 38.9 Å². The lowest BCUT2D eigenvalue weighted by Gasteiger charge is -2.02. The van der Waals surface area contributed by atoms with Crippen molar-refractivity contribution in [3.63, 3.8) is 0 Å². The van der Waals surface area contributed by atoms with Crippen molar-refractivity contribution < 1.29 is 0 Å². The van der Waals surface area contributed by atoms with Crippen molar-refractivity contribution in [2.45, 2.75) is 6.54 Å². The van der Waals surface area contributed by atoms with Gasteiger partial charge in [-0.05, 0) is 39.0 Å². The molecule has 2 aromatic heterocycles. The number of aromatic nitrogens is 1. The van der Waals surface area contributed by atoms with Crippen LogP contribution in [0.1, 0.15) is 5.56 Å². The summed E-state index contributed by atoms with van der Waals surface area (Å²) in [5.41, 5.74) is 1.03. The minimum absolute atomic E-state index is 0.0789. The Morgan fingerprint density at radius 3 is 2.87 bits per heavy atom. The number of pyridine rings is 1. The summed E-state index contributed by atoms with van der Waals surface area (Å²) in [6.07, 6.45) is 1.70. The van der Waals surface area contributed by atoms with Gasteiger partial charge in [0.1, 0.15) is 0 Å². The van der Waals surface area contributed by atoms with E-state index in [0.717, 1.165) is 9.35 Å². The average molecular weight is 305 g/mol. The summed E-state index contributed by atoms with van der Waals surface area (Å²) < 4.78 is 2.69. The third-order valence-corrected chi connectivity index (χ3v) is 3.72. The predicted octanol–water partition coefficient (Wildman–Crippen LogP) is 3.37. The molecule has 15 heavy (non-hydrogen) atoms. The van der Waals surface area contributed by atoms with E-state index in [-0.39, 0.29) is 5.56 Å². The Balaban J connectivity index is 2.28. The van der Waals surface area contributed by atoms with E-state index in [4.69, 9.17) is 11.6 Å². The van der Waals surface area contributed by atoms with Crippen molar-refractivity contribution in [1.29, 1.82) is 0 Å². The topological polar surface area (TPSA) is 22.0 Å². The molecule has 2 nitrogen and oxygen atoms in total. The van der Waals surface area contributed by atoms with Crippen LogP contribution in [0.25, 0.3) is 0 Å². The first-order valence-corrected chi connectivity index (χ1v) is 6.29. The summed E-state index contributed by atoms with van der Waals surface area (Å²) in [5.74, 6) is 0. The molecule has 0 atom stereocenters. The van der Waals surface area contributed by atoms with Crippen LogP contribution >= 0.6 is 38.9 Å². The second-order valence-electron chi connectivity index (χ2n) is 3.07. The molecule has 78 valence electrons.